The molecular formula is C32H34Cl3N5O3. The van der Waals surface area contributed by atoms with Crippen LogP contribution in [0, 0.1) is 0 Å². The first kappa shape index (κ1) is 31.1. The van der Waals surface area contributed by atoms with Crippen LogP contribution >= 0.6 is 34.8 Å². The van der Waals surface area contributed by atoms with Gasteiger partial charge in [0.1, 0.15) is 16.4 Å². The van der Waals surface area contributed by atoms with Gasteiger partial charge < -0.3 is 19.1 Å². The number of hydrogen-bond acceptors (Lipinski definition) is 5. The van der Waals surface area contributed by atoms with Crippen LogP contribution in [-0.4, -0.2) is 61.1 Å². The second-order valence-corrected chi connectivity index (χ2v) is 12.9. The van der Waals surface area contributed by atoms with E-state index in [0.717, 1.165) is 27.7 Å². The summed E-state index contributed by atoms with van der Waals surface area (Å²) < 4.78 is 7.78. The predicted octanol–water partition coefficient (Wildman–Crippen LogP) is 8.01. The molecule has 1 aromatic carbocycles. The van der Waals surface area contributed by atoms with Gasteiger partial charge in [-0.2, -0.15) is 0 Å². The van der Waals surface area contributed by atoms with Crippen molar-refractivity contribution < 1.29 is 14.3 Å². The molecule has 1 saturated heterocycles. The van der Waals surface area contributed by atoms with Crippen molar-refractivity contribution in [1.82, 2.24) is 24.3 Å². The van der Waals surface area contributed by atoms with E-state index in [9.17, 15) is 9.59 Å². The lowest BCUT2D eigenvalue weighted by molar-refractivity contribution is -0.130. The van der Waals surface area contributed by atoms with Crippen LogP contribution in [0.3, 0.4) is 0 Å². The molecule has 4 aromatic rings. The summed E-state index contributed by atoms with van der Waals surface area (Å²) in [5.74, 6) is 0.0523. The Morgan fingerprint density at radius 3 is 2.35 bits per heavy atom. The van der Waals surface area contributed by atoms with Crippen LogP contribution in [0.15, 0.2) is 48.8 Å². The second-order valence-electron chi connectivity index (χ2n) is 11.8. The van der Waals surface area contributed by atoms with E-state index < -0.39 is 5.60 Å². The quantitative estimate of drug-likeness (QED) is 0.206. The number of nitrogens with zero attached hydrogens (tertiary/aromatic N) is 5. The number of carbonyl (C=O) groups is 2. The number of ether oxygens (including phenoxy) is 1. The standard InChI is InChI=1S/C32H34Cl3N5O3/c1-19(41)39-15-12-21(13-16-39)40(31(42)43-32(2,3)4)18-20-17-38(5)30-22(20)9-10-26(37-30)25-8-6-7-23(27(25)33)24-11-14-36-29(35)28(24)34/h6-11,14,17,21H,12-13,15-16,18H2,1-5H3. The fourth-order valence-corrected chi connectivity index (χ4v) is 6.21. The molecule has 11 heteroatoms. The maximum Gasteiger partial charge on any atom is 0.410 e. The van der Waals surface area contributed by atoms with Crippen molar-refractivity contribution in [2.75, 3.05) is 13.1 Å². The maximum absolute atomic E-state index is 13.5. The van der Waals surface area contributed by atoms with E-state index in [1.807, 2.05) is 73.8 Å². The van der Waals surface area contributed by atoms with Crippen molar-refractivity contribution in [3.63, 3.8) is 0 Å². The van der Waals surface area contributed by atoms with E-state index in [-0.39, 0.29) is 23.2 Å². The summed E-state index contributed by atoms with van der Waals surface area (Å²) in [6.07, 6.45) is 4.60. The topological polar surface area (TPSA) is 80.6 Å². The van der Waals surface area contributed by atoms with Crippen molar-refractivity contribution in [1.29, 1.82) is 0 Å². The molecule has 5 rings (SSSR count). The molecule has 0 saturated carbocycles. The van der Waals surface area contributed by atoms with Gasteiger partial charge in [-0.3, -0.25) is 4.79 Å². The number of pyridine rings is 2. The van der Waals surface area contributed by atoms with E-state index >= 15 is 0 Å². The van der Waals surface area contributed by atoms with Gasteiger partial charge in [0.2, 0.25) is 5.91 Å². The molecule has 0 spiro atoms. The van der Waals surface area contributed by atoms with Gasteiger partial charge in [-0.15, -0.1) is 0 Å². The Morgan fingerprint density at radius 1 is 1.00 bits per heavy atom. The van der Waals surface area contributed by atoms with Gasteiger partial charge >= 0.3 is 6.09 Å². The number of carbonyl (C=O) groups excluding carboxylic acids is 2. The fourth-order valence-electron chi connectivity index (χ4n) is 5.51. The molecule has 0 radical (unpaired) electrons. The molecule has 0 bridgehead atoms. The van der Waals surface area contributed by atoms with E-state index in [2.05, 4.69) is 4.98 Å². The number of amides is 2. The maximum atomic E-state index is 13.5. The highest BCUT2D eigenvalue weighted by Gasteiger charge is 2.32. The first-order valence-electron chi connectivity index (χ1n) is 14.1. The summed E-state index contributed by atoms with van der Waals surface area (Å²) in [6, 6.07) is 11.4. The molecule has 8 nitrogen and oxygen atoms in total. The van der Waals surface area contributed by atoms with Crippen LogP contribution in [0.5, 0.6) is 0 Å². The van der Waals surface area contributed by atoms with Gasteiger partial charge in [0.15, 0.2) is 0 Å². The highest BCUT2D eigenvalue weighted by atomic mass is 35.5. The third-order valence-electron chi connectivity index (χ3n) is 7.64. The van der Waals surface area contributed by atoms with E-state index in [4.69, 9.17) is 44.5 Å². The van der Waals surface area contributed by atoms with Crippen molar-refractivity contribution in [2.45, 2.75) is 58.7 Å². The Hall–Kier alpha value is -3.33. The van der Waals surface area contributed by atoms with E-state index in [1.165, 1.54) is 0 Å². The molecule has 1 aliphatic rings. The van der Waals surface area contributed by atoms with Crippen LogP contribution in [0.4, 0.5) is 4.79 Å². The highest BCUT2D eigenvalue weighted by Crippen LogP contribution is 2.40. The smallest absolute Gasteiger partial charge is 0.410 e. The monoisotopic (exact) mass is 641 g/mol. The normalized spacial score (nSPS) is 14.3. The van der Waals surface area contributed by atoms with Crippen molar-refractivity contribution in [2.24, 2.45) is 7.05 Å². The van der Waals surface area contributed by atoms with Crippen LogP contribution in [0.2, 0.25) is 15.2 Å². The number of rotatable bonds is 5. The lowest BCUT2D eigenvalue weighted by Gasteiger charge is -2.38. The second kappa shape index (κ2) is 12.3. The summed E-state index contributed by atoms with van der Waals surface area (Å²) in [4.78, 5) is 38.0. The summed E-state index contributed by atoms with van der Waals surface area (Å²) in [5, 5.41) is 1.97. The Kier molecular flexibility index (Phi) is 8.93. The molecule has 1 aliphatic heterocycles. The SMILES string of the molecule is CC(=O)N1CCC(N(Cc2cn(C)c3nc(-c4cccc(-c5ccnc(Cl)c5Cl)c4Cl)ccc23)C(=O)OC(C)(C)C)CC1. The van der Waals surface area contributed by atoms with Gasteiger partial charge in [-0.1, -0.05) is 53.0 Å². The number of piperidine rings is 1. The van der Waals surface area contributed by atoms with Crippen molar-refractivity contribution >= 4 is 57.8 Å². The summed E-state index contributed by atoms with van der Waals surface area (Å²) in [7, 11) is 1.93. The Bertz CT molecular complexity index is 1690. The van der Waals surface area contributed by atoms with Gasteiger partial charge in [-0.05, 0) is 57.4 Å². The lowest BCUT2D eigenvalue weighted by Crippen LogP contribution is -2.49. The average molecular weight is 643 g/mol. The Morgan fingerprint density at radius 2 is 1.67 bits per heavy atom. The fraction of sp³-hybridized carbons (Fsp3) is 0.375. The first-order valence-corrected chi connectivity index (χ1v) is 15.3. The first-order chi connectivity index (χ1) is 20.3. The Balaban J connectivity index is 1.48. The molecular weight excluding hydrogens is 609 g/mol. The third-order valence-corrected chi connectivity index (χ3v) is 8.81. The molecule has 3 aromatic heterocycles. The van der Waals surface area contributed by atoms with Crippen LogP contribution in [0.1, 0.15) is 46.1 Å². The van der Waals surface area contributed by atoms with E-state index in [0.29, 0.717) is 53.8 Å². The predicted molar refractivity (Wildman–Crippen MR) is 171 cm³/mol. The zero-order valence-electron chi connectivity index (χ0n) is 24.8. The van der Waals surface area contributed by atoms with Crippen LogP contribution < -0.4 is 0 Å². The number of fused-ring (bicyclic) bond motifs is 1. The Labute approximate surface area is 266 Å². The minimum absolute atomic E-state index is 0.0523. The third kappa shape index (κ3) is 6.61. The van der Waals surface area contributed by atoms with Gasteiger partial charge in [-0.25, -0.2) is 14.8 Å². The number of aryl methyl sites for hydroxylation is 1. The highest BCUT2D eigenvalue weighted by molar-refractivity contribution is 6.43. The van der Waals surface area contributed by atoms with Crippen LogP contribution in [0.25, 0.3) is 33.4 Å². The van der Waals surface area contributed by atoms with E-state index in [1.54, 1.807) is 24.1 Å². The van der Waals surface area contributed by atoms with Gasteiger partial charge in [0, 0.05) is 67.6 Å². The number of likely N-dealkylation sites (tertiary alicyclic amines) is 1. The molecule has 4 heterocycles. The minimum Gasteiger partial charge on any atom is -0.444 e. The average Bonchev–Trinajstić information content (AvgIpc) is 3.27. The number of benzene rings is 1. The summed E-state index contributed by atoms with van der Waals surface area (Å²) in [6.45, 7) is 8.74. The number of hydrogen-bond donors (Lipinski definition) is 0. The molecule has 0 atom stereocenters. The van der Waals surface area contributed by atoms with Crippen molar-refractivity contribution in [3.05, 3.63) is 69.6 Å². The molecule has 0 unspecified atom stereocenters. The molecule has 0 N–H and O–H groups in total. The summed E-state index contributed by atoms with van der Waals surface area (Å²) in [5.41, 5.74) is 3.94. The molecule has 0 aliphatic carbocycles. The van der Waals surface area contributed by atoms with Gasteiger partial charge in [0.05, 0.1) is 22.3 Å². The largest absolute Gasteiger partial charge is 0.444 e. The lowest BCUT2D eigenvalue weighted by atomic mass is 10.0. The number of aromatic nitrogens is 3. The molecule has 226 valence electrons. The minimum atomic E-state index is -0.635. The summed E-state index contributed by atoms with van der Waals surface area (Å²) >= 11 is 19.5. The van der Waals surface area contributed by atoms with Gasteiger partial charge in [0.25, 0.3) is 0 Å². The molecule has 43 heavy (non-hydrogen) atoms. The van der Waals surface area contributed by atoms with Crippen LogP contribution in [-0.2, 0) is 23.1 Å². The molecule has 2 amide bonds. The zero-order valence-corrected chi connectivity index (χ0v) is 27.1. The van der Waals surface area contributed by atoms with Crippen molar-refractivity contribution in [3.8, 4) is 22.4 Å². The number of halogens is 3. The molecule has 1 fully saturated rings. The zero-order chi connectivity index (χ0) is 31.1.